The van der Waals surface area contributed by atoms with E-state index in [1.807, 2.05) is 0 Å². The predicted molar refractivity (Wildman–Crippen MR) is 65.2 cm³/mol. The highest BCUT2D eigenvalue weighted by atomic mass is 16.7. The first-order valence-electron chi connectivity index (χ1n) is 6.60. The maximum Gasteiger partial charge on any atom is 0.333 e. The molecule has 0 spiro atoms. The van der Waals surface area contributed by atoms with Gasteiger partial charge in [0, 0.05) is 6.08 Å². The maximum absolute atomic E-state index is 11.0. The third-order valence-corrected chi connectivity index (χ3v) is 3.88. The van der Waals surface area contributed by atoms with E-state index in [-0.39, 0.29) is 12.1 Å². The molecule has 0 aromatic rings. The molecule has 4 atom stereocenters. The fraction of sp³-hybridized carbons (Fsp3) is 0.786. The summed E-state index contributed by atoms with van der Waals surface area (Å²) in [7, 11) is 0. The summed E-state index contributed by atoms with van der Waals surface area (Å²) in [5.74, 6) is 1.68. The van der Waals surface area contributed by atoms with E-state index < -0.39 is 6.29 Å². The average Bonchev–Trinajstić information content (AvgIpc) is 2.66. The van der Waals surface area contributed by atoms with Gasteiger partial charge in [-0.3, -0.25) is 0 Å². The zero-order valence-corrected chi connectivity index (χ0v) is 10.9. The van der Waals surface area contributed by atoms with Crippen molar-refractivity contribution in [2.45, 2.75) is 52.4 Å². The van der Waals surface area contributed by atoms with Crippen molar-refractivity contribution in [2.75, 3.05) is 0 Å². The van der Waals surface area contributed by atoms with Crippen molar-refractivity contribution in [3.05, 3.63) is 12.2 Å². The maximum atomic E-state index is 11.0. The molecule has 1 heterocycles. The van der Waals surface area contributed by atoms with Crippen LogP contribution in [0.3, 0.4) is 0 Å². The van der Waals surface area contributed by atoms with E-state index in [0.717, 1.165) is 12.3 Å². The first-order chi connectivity index (χ1) is 8.06. The summed E-state index contributed by atoms with van der Waals surface area (Å²) in [6.45, 7) is 6.80. The Labute approximate surface area is 103 Å². The van der Waals surface area contributed by atoms with Crippen molar-refractivity contribution in [3.8, 4) is 0 Å². The van der Waals surface area contributed by atoms with Crippen molar-refractivity contribution in [1.29, 1.82) is 0 Å². The second kappa shape index (κ2) is 5.21. The zero-order chi connectivity index (χ0) is 12.4. The Kier molecular flexibility index (Phi) is 3.87. The molecule has 2 aliphatic rings. The quantitative estimate of drug-likeness (QED) is 0.709. The van der Waals surface area contributed by atoms with Crippen molar-refractivity contribution in [3.63, 3.8) is 0 Å². The number of rotatable bonds is 3. The largest absolute Gasteiger partial charge is 0.429 e. The molecule has 0 N–H and O–H groups in total. The van der Waals surface area contributed by atoms with Crippen LogP contribution in [0.1, 0.15) is 40.0 Å². The van der Waals surface area contributed by atoms with E-state index in [1.54, 1.807) is 6.08 Å². The van der Waals surface area contributed by atoms with Gasteiger partial charge in [0.2, 0.25) is 6.29 Å². The van der Waals surface area contributed by atoms with Gasteiger partial charge in [0.25, 0.3) is 0 Å². The van der Waals surface area contributed by atoms with E-state index in [0.29, 0.717) is 11.8 Å². The van der Waals surface area contributed by atoms with E-state index in [4.69, 9.17) is 9.47 Å². The monoisotopic (exact) mass is 238 g/mol. The Morgan fingerprint density at radius 2 is 2.18 bits per heavy atom. The summed E-state index contributed by atoms with van der Waals surface area (Å²) in [5, 5.41) is 0. The third kappa shape index (κ3) is 3.09. The van der Waals surface area contributed by atoms with Crippen LogP contribution < -0.4 is 0 Å². The summed E-state index contributed by atoms with van der Waals surface area (Å²) in [6, 6.07) is 0. The van der Waals surface area contributed by atoms with Crippen molar-refractivity contribution >= 4 is 5.97 Å². The fourth-order valence-electron chi connectivity index (χ4n) is 2.86. The van der Waals surface area contributed by atoms with Gasteiger partial charge in [-0.25, -0.2) is 4.79 Å². The number of hydrogen-bond donors (Lipinski definition) is 0. The van der Waals surface area contributed by atoms with Gasteiger partial charge >= 0.3 is 5.97 Å². The Hall–Kier alpha value is -0.830. The molecule has 0 saturated heterocycles. The number of esters is 1. The normalized spacial score (nSPS) is 37.5. The van der Waals surface area contributed by atoms with Gasteiger partial charge in [0.15, 0.2) is 0 Å². The Morgan fingerprint density at radius 1 is 1.41 bits per heavy atom. The molecular formula is C14H22O3. The van der Waals surface area contributed by atoms with Crippen LogP contribution in [-0.4, -0.2) is 18.4 Å². The van der Waals surface area contributed by atoms with Gasteiger partial charge in [0.1, 0.15) is 0 Å². The van der Waals surface area contributed by atoms with E-state index in [2.05, 4.69) is 20.8 Å². The van der Waals surface area contributed by atoms with Crippen LogP contribution in [0.4, 0.5) is 0 Å². The van der Waals surface area contributed by atoms with Gasteiger partial charge in [-0.05, 0) is 43.1 Å². The van der Waals surface area contributed by atoms with Gasteiger partial charge < -0.3 is 9.47 Å². The average molecular weight is 238 g/mol. The minimum atomic E-state index is -0.456. The molecule has 1 aliphatic carbocycles. The molecule has 3 nitrogen and oxygen atoms in total. The summed E-state index contributed by atoms with van der Waals surface area (Å²) >= 11 is 0. The molecule has 1 fully saturated rings. The summed E-state index contributed by atoms with van der Waals surface area (Å²) in [4.78, 5) is 11.0. The summed E-state index contributed by atoms with van der Waals surface area (Å²) < 4.78 is 11.0. The number of ether oxygens (including phenoxy) is 2. The van der Waals surface area contributed by atoms with Crippen molar-refractivity contribution < 1.29 is 14.3 Å². The van der Waals surface area contributed by atoms with Gasteiger partial charge in [-0.2, -0.15) is 0 Å². The minimum absolute atomic E-state index is 0.228. The van der Waals surface area contributed by atoms with E-state index in [1.165, 1.54) is 18.9 Å². The van der Waals surface area contributed by atoms with Gasteiger partial charge in [-0.1, -0.05) is 20.8 Å². The van der Waals surface area contributed by atoms with Crippen LogP contribution in [0, 0.1) is 17.8 Å². The minimum Gasteiger partial charge on any atom is -0.429 e. The Bertz CT molecular complexity index is 309. The standard InChI is InChI=1S/C14H22O3/c1-9(2)11-8-10(3)4-5-12(11)16-14-7-6-13(15)17-14/h6-7,9-12,14H,4-5,8H2,1-3H3/t10?,11?,12-,14-/m1/s1. The van der Waals surface area contributed by atoms with E-state index >= 15 is 0 Å². The van der Waals surface area contributed by atoms with Gasteiger partial charge in [-0.15, -0.1) is 0 Å². The molecular weight excluding hydrogens is 216 g/mol. The SMILES string of the molecule is CC1CC[C@@H](O[C@H]2C=CC(=O)O2)C(C(C)C)C1. The molecule has 0 aromatic heterocycles. The number of cyclic esters (lactones) is 1. The molecule has 0 radical (unpaired) electrons. The highest BCUT2D eigenvalue weighted by Crippen LogP contribution is 2.36. The van der Waals surface area contributed by atoms with E-state index in [9.17, 15) is 4.79 Å². The molecule has 2 rings (SSSR count). The van der Waals surface area contributed by atoms with Crippen molar-refractivity contribution in [1.82, 2.24) is 0 Å². The lowest BCUT2D eigenvalue weighted by molar-refractivity contribution is -0.177. The lowest BCUT2D eigenvalue weighted by Crippen LogP contribution is -2.36. The summed E-state index contributed by atoms with van der Waals surface area (Å²) in [6.07, 6.45) is 6.42. The number of carbonyl (C=O) groups is 1. The first-order valence-corrected chi connectivity index (χ1v) is 6.60. The topological polar surface area (TPSA) is 35.5 Å². The molecule has 3 heteroatoms. The molecule has 2 unspecified atom stereocenters. The lowest BCUT2D eigenvalue weighted by atomic mass is 9.75. The Balaban J connectivity index is 1.94. The fourth-order valence-corrected chi connectivity index (χ4v) is 2.86. The van der Waals surface area contributed by atoms with Crippen LogP contribution in [0.5, 0.6) is 0 Å². The van der Waals surface area contributed by atoms with Crippen LogP contribution in [0.15, 0.2) is 12.2 Å². The highest BCUT2D eigenvalue weighted by Gasteiger charge is 2.34. The third-order valence-electron chi connectivity index (χ3n) is 3.88. The second-order valence-electron chi connectivity index (χ2n) is 5.67. The second-order valence-corrected chi connectivity index (χ2v) is 5.67. The molecule has 1 aliphatic heterocycles. The first kappa shape index (κ1) is 12.6. The lowest BCUT2D eigenvalue weighted by Gasteiger charge is -2.37. The van der Waals surface area contributed by atoms with Crippen LogP contribution in [0.25, 0.3) is 0 Å². The predicted octanol–water partition coefficient (Wildman–Crippen LogP) is 2.90. The molecule has 0 bridgehead atoms. The molecule has 96 valence electrons. The van der Waals surface area contributed by atoms with Crippen LogP contribution >= 0.6 is 0 Å². The zero-order valence-electron chi connectivity index (χ0n) is 10.9. The smallest absolute Gasteiger partial charge is 0.333 e. The summed E-state index contributed by atoms with van der Waals surface area (Å²) in [5.41, 5.74) is 0. The van der Waals surface area contributed by atoms with Crippen LogP contribution in [0.2, 0.25) is 0 Å². The molecule has 1 saturated carbocycles. The Morgan fingerprint density at radius 3 is 2.76 bits per heavy atom. The number of hydrogen-bond acceptors (Lipinski definition) is 3. The molecule has 17 heavy (non-hydrogen) atoms. The number of carbonyl (C=O) groups excluding carboxylic acids is 1. The highest BCUT2D eigenvalue weighted by molar-refractivity contribution is 5.84. The van der Waals surface area contributed by atoms with Gasteiger partial charge in [0.05, 0.1) is 6.10 Å². The molecule has 0 amide bonds. The van der Waals surface area contributed by atoms with Crippen LogP contribution in [-0.2, 0) is 14.3 Å². The van der Waals surface area contributed by atoms with Crippen molar-refractivity contribution in [2.24, 2.45) is 17.8 Å². The molecule has 0 aromatic carbocycles.